The number of nitrogens with one attached hydrogen (secondary N) is 2. The molecule has 0 amide bonds. The molecule has 1 aromatic heterocycles. The van der Waals surface area contributed by atoms with E-state index in [1.54, 1.807) is 18.4 Å². The Balaban J connectivity index is 2.22. The van der Waals surface area contributed by atoms with Crippen molar-refractivity contribution in [3.63, 3.8) is 0 Å². The van der Waals surface area contributed by atoms with Crippen LogP contribution in [0.2, 0.25) is 0 Å². The molecule has 1 heterocycles. The number of nitrogens with two attached hydrogens (primary N) is 1. The van der Waals surface area contributed by atoms with E-state index in [9.17, 15) is 8.42 Å². The SMILES string of the molecule is CNS(=O)(=O)c1ccc(NC(C)c2ccco2)cc1N. The molecule has 0 aliphatic heterocycles. The summed E-state index contributed by atoms with van der Waals surface area (Å²) in [4.78, 5) is 0.0659. The Bertz CT molecular complexity index is 681. The van der Waals surface area contributed by atoms with Gasteiger partial charge in [0.2, 0.25) is 10.0 Å². The molecule has 0 fully saturated rings. The summed E-state index contributed by atoms with van der Waals surface area (Å²) in [5, 5.41) is 3.19. The fourth-order valence-electron chi connectivity index (χ4n) is 1.85. The van der Waals surface area contributed by atoms with Crippen LogP contribution in [0.15, 0.2) is 45.9 Å². The predicted octanol–water partition coefficient (Wildman–Crippen LogP) is 1.94. The van der Waals surface area contributed by atoms with Gasteiger partial charge in [0.1, 0.15) is 10.7 Å². The van der Waals surface area contributed by atoms with Gasteiger partial charge in [-0.2, -0.15) is 0 Å². The highest BCUT2D eigenvalue weighted by molar-refractivity contribution is 7.89. The van der Waals surface area contributed by atoms with E-state index in [1.807, 2.05) is 19.1 Å². The molecule has 0 aliphatic carbocycles. The van der Waals surface area contributed by atoms with Gasteiger partial charge < -0.3 is 15.5 Å². The van der Waals surface area contributed by atoms with Gasteiger partial charge in [-0.25, -0.2) is 13.1 Å². The van der Waals surface area contributed by atoms with E-state index in [4.69, 9.17) is 10.2 Å². The normalized spacial score (nSPS) is 13.1. The zero-order valence-corrected chi connectivity index (χ0v) is 12.1. The number of rotatable bonds is 5. The molecular formula is C13H17N3O3S. The Morgan fingerprint density at radius 1 is 1.30 bits per heavy atom. The summed E-state index contributed by atoms with van der Waals surface area (Å²) < 4.78 is 31.0. The Morgan fingerprint density at radius 3 is 2.60 bits per heavy atom. The maximum absolute atomic E-state index is 11.7. The number of furan rings is 1. The quantitative estimate of drug-likeness (QED) is 0.732. The lowest BCUT2D eigenvalue weighted by Crippen LogP contribution is -2.20. The number of benzene rings is 1. The van der Waals surface area contributed by atoms with Gasteiger partial charge in [-0.05, 0) is 44.3 Å². The van der Waals surface area contributed by atoms with Crippen molar-refractivity contribution in [1.29, 1.82) is 0 Å². The fourth-order valence-corrected chi connectivity index (χ4v) is 2.69. The van der Waals surface area contributed by atoms with Crippen LogP contribution in [0.4, 0.5) is 11.4 Å². The molecule has 6 nitrogen and oxygen atoms in total. The molecule has 7 heteroatoms. The van der Waals surface area contributed by atoms with E-state index in [0.717, 1.165) is 11.4 Å². The van der Waals surface area contributed by atoms with Crippen molar-refractivity contribution in [3.05, 3.63) is 42.4 Å². The molecule has 1 unspecified atom stereocenters. The number of anilines is 2. The second-order valence-corrected chi connectivity index (χ2v) is 6.20. The van der Waals surface area contributed by atoms with Crippen LogP contribution < -0.4 is 15.8 Å². The summed E-state index contributed by atoms with van der Waals surface area (Å²) in [7, 11) is -2.19. The van der Waals surface area contributed by atoms with E-state index in [1.165, 1.54) is 13.1 Å². The number of hydrogen-bond acceptors (Lipinski definition) is 5. The molecule has 0 aliphatic rings. The Morgan fingerprint density at radius 2 is 2.05 bits per heavy atom. The van der Waals surface area contributed by atoms with Crippen molar-refractivity contribution >= 4 is 21.4 Å². The minimum absolute atomic E-state index is 0.0452. The van der Waals surface area contributed by atoms with Crippen LogP contribution in [-0.4, -0.2) is 15.5 Å². The van der Waals surface area contributed by atoms with Crippen molar-refractivity contribution in [2.24, 2.45) is 0 Å². The Kier molecular flexibility index (Phi) is 4.01. The molecule has 0 bridgehead atoms. The van der Waals surface area contributed by atoms with Crippen molar-refractivity contribution in [1.82, 2.24) is 4.72 Å². The van der Waals surface area contributed by atoms with Gasteiger partial charge in [-0.3, -0.25) is 0 Å². The number of nitrogen functional groups attached to an aromatic ring is 1. The molecular weight excluding hydrogens is 278 g/mol. The summed E-state index contributed by atoms with van der Waals surface area (Å²) >= 11 is 0. The average Bonchev–Trinajstić information content (AvgIpc) is 2.92. The first-order chi connectivity index (χ1) is 9.44. The van der Waals surface area contributed by atoms with Gasteiger partial charge in [0.05, 0.1) is 18.0 Å². The van der Waals surface area contributed by atoms with Gasteiger partial charge in [0, 0.05) is 5.69 Å². The van der Waals surface area contributed by atoms with Gasteiger partial charge in [-0.1, -0.05) is 0 Å². The Labute approximate surface area is 118 Å². The lowest BCUT2D eigenvalue weighted by atomic mass is 10.2. The third-order valence-electron chi connectivity index (χ3n) is 2.92. The second kappa shape index (κ2) is 5.56. The van der Waals surface area contributed by atoms with Crippen LogP contribution in [0.1, 0.15) is 18.7 Å². The molecule has 4 N–H and O–H groups in total. The minimum Gasteiger partial charge on any atom is -0.467 e. The molecule has 0 spiro atoms. The van der Waals surface area contributed by atoms with Crippen LogP contribution in [0.25, 0.3) is 0 Å². The van der Waals surface area contributed by atoms with Crippen LogP contribution >= 0.6 is 0 Å². The van der Waals surface area contributed by atoms with Gasteiger partial charge >= 0.3 is 0 Å². The van der Waals surface area contributed by atoms with Crippen LogP contribution in [0.3, 0.4) is 0 Å². The van der Waals surface area contributed by atoms with Crippen molar-refractivity contribution in [3.8, 4) is 0 Å². The van der Waals surface area contributed by atoms with Crippen LogP contribution in [-0.2, 0) is 10.0 Å². The first-order valence-corrected chi connectivity index (χ1v) is 7.55. The van der Waals surface area contributed by atoms with E-state index in [2.05, 4.69) is 10.0 Å². The Hall–Kier alpha value is -1.99. The number of hydrogen-bond donors (Lipinski definition) is 3. The van der Waals surface area contributed by atoms with E-state index < -0.39 is 10.0 Å². The lowest BCUT2D eigenvalue weighted by Gasteiger charge is -2.14. The summed E-state index contributed by atoms with van der Waals surface area (Å²) in [5.41, 5.74) is 6.71. The molecule has 1 atom stereocenters. The summed E-state index contributed by atoms with van der Waals surface area (Å²) in [6, 6.07) is 8.35. The predicted molar refractivity (Wildman–Crippen MR) is 77.8 cm³/mol. The zero-order valence-electron chi connectivity index (χ0n) is 11.3. The van der Waals surface area contributed by atoms with E-state index in [-0.39, 0.29) is 16.6 Å². The summed E-state index contributed by atoms with van der Waals surface area (Å²) in [6.45, 7) is 1.94. The molecule has 2 rings (SSSR count). The summed E-state index contributed by atoms with van der Waals surface area (Å²) in [5.74, 6) is 0.787. The first-order valence-electron chi connectivity index (χ1n) is 6.07. The van der Waals surface area contributed by atoms with Crippen LogP contribution in [0.5, 0.6) is 0 Å². The smallest absolute Gasteiger partial charge is 0.242 e. The molecule has 108 valence electrons. The highest BCUT2D eigenvalue weighted by Crippen LogP contribution is 2.25. The fraction of sp³-hybridized carbons (Fsp3) is 0.231. The molecule has 1 aromatic carbocycles. The zero-order chi connectivity index (χ0) is 14.8. The molecule has 20 heavy (non-hydrogen) atoms. The van der Waals surface area contributed by atoms with Crippen molar-refractivity contribution in [2.75, 3.05) is 18.1 Å². The van der Waals surface area contributed by atoms with Crippen molar-refractivity contribution < 1.29 is 12.8 Å². The second-order valence-electron chi connectivity index (χ2n) is 4.34. The third kappa shape index (κ3) is 2.94. The van der Waals surface area contributed by atoms with E-state index in [0.29, 0.717) is 0 Å². The molecule has 2 aromatic rings. The highest BCUT2D eigenvalue weighted by atomic mass is 32.2. The van der Waals surface area contributed by atoms with Crippen molar-refractivity contribution in [2.45, 2.75) is 17.9 Å². The number of sulfonamides is 1. The average molecular weight is 295 g/mol. The molecule has 0 saturated heterocycles. The van der Waals surface area contributed by atoms with Gasteiger partial charge in [0.15, 0.2) is 0 Å². The standard InChI is InChI=1S/C13H17N3O3S/c1-9(12-4-3-7-19-12)16-10-5-6-13(11(14)8-10)20(17,18)15-2/h3-9,15-16H,14H2,1-2H3. The maximum atomic E-state index is 11.7. The monoisotopic (exact) mass is 295 g/mol. The van der Waals surface area contributed by atoms with Gasteiger partial charge in [-0.15, -0.1) is 0 Å². The van der Waals surface area contributed by atoms with E-state index >= 15 is 0 Å². The summed E-state index contributed by atoms with van der Waals surface area (Å²) in [6.07, 6.45) is 1.60. The molecule has 0 radical (unpaired) electrons. The van der Waals surface area contributed by atoms with Crippen LogP contribution in [0, 0.1) is 0 Å². The topological polar surface area (TPSA) is 97.4 Å². The maximum Gasteiger partial charge on any atom is 0.242 e. The molecule has 0 saturated carbocycles. The lowest BCUT2D eigenvalue weighted by molar-refractivity contribution is 0.490. The largest absolute Gasteiger partial charge is 0.467 e. The minimum atomic E-state index is -3.54. The first kappa shape index (κ1) is 14.4. The third-order valence-corrected chi connectivity index (χ3v) is 4.41. The highest BCUT2D eigenvalue weighted by Gasteiger charge is 2.16. The van der Waals surface area contributed by atoms with Gasteiger partial charge in [0.25, 0.3) is 0 Å².